The molecule has 30 heavy (non-hydrogen) atoms. The molecule has 1 fully saturated rings. The zero-order chi connectivity index (χ0) is 21.1. The summed E-state index contributed by atoms with van der Waals surface area (Å²) in [5.74, 6) is -1.47. The molecule has 1 aliphatic heterocycles. The van der Waals surface area contributed by atoms with Crippen molar-refractivity contribution in [2.24, 2.45) is 0 Å². The number of amides is 1. The summed E-state index contributed by atoms with van der Waals surface area (Å²) in [6.45, 7) is 1.02. The molecule has 1 saturated heterocycles. The highest BCUT2D eigenvalue weighted by atomic mass is 35.5. The fraction of sp³-hybridized carbons (Fsp3) is 0.174. The number of hydrogen-bond donors (Lipinski definition) is 1. The number of aryl methyl sites for hydroxylation is 1. The summed E-state index contributed by atoms with van der Waals surface area (Å²) in [5.41, 5.74) is 1.31. The van der Waals surface area contributed by atoms with Crippen LogP contribution in [0.5, 0.6) is 0 Å². The van der Waals surface area contributed by atoms with Crippen molar-refractivity contribution in [2.45, 2.75) is 19.0 Å². The number of rotatable bonds is 6. The van der Waals surface area contributed by atoms with Crippen LogP contribution in [0.4, 0.5) is 0 Å². The predicted octanol–water partition coefficient (Wildman–Crippen LogP) is 4.05. The normalized spacial score (nSPS) is 18.2. The van der Waals surface area contributed by atoms with Crippen LogP contribution in [0.15, 0.2) is 78.9 Å². The lowest BCUT2D eigenvalue weighted by atomic mass is 9.95. The van der Waals surface area contributed by atoms with Crippen LogP contribution < -0.4 is 0 Å². The number of ketones is 1. The fourth-order valence-electron chi connectivity index (χ4n) is 3.70. The van der Waals surface area contributed by atoms with Crippen molar-refractivity contribution in [3.8, 4) is 0 Å². The van der Waals surface area contributed by atoms with E-state index >= 15 is 0 Å². The molecule has 1 unspecified atom stereocenters. The second-order valence-corrected chi connectivity index (χ2v) is 7.50. The Morgan fingerprint density at radius 2 is 1.77 bits per heavy atom. The molecule has 1 amide bonds. The van der Waals surface area contributed by atoms with Crippen molar-refractivity contribution in [1.29, 1.82) is 0 Å². The Labute approximate surface area is 179 Å². The summed E-state index contributed by atoms with van der Waals surface area (Å²) in [6, 6.07) is 15.1. The molecule has 0 radical (unpaired) electrons. The molecule has 7 heteroatoms. The molecule has 1 aromatic heterocycles. The first kappa shape index (κ1) is 19.9. The molecule has 4 rings (SSSR count). The smallest absolute Gasteiger partial charge is 0.295 e. The minimum atomic E-state index is -0.682. The summed E-state index contributed by atoms with van der Waals surface area (Å²) >= 11 is 6.03. The van der Waals surface area contributed by atoms with Gasteiger partial charge in [-0.2, -0.15) is 0 Å². The van der Waals surface area contributed by atoms with E-state index < -0.39 is 17.7 Å². The van der Waals surface area contributed by atoms with E-state index in [9.17, 15) is 14.7 Å². The summed E-state index contributed by atoms with van der Waals surface area (Å²) in [5, 5.41) is 11.5. The van der Waals surface area contributed by atoms with Crippen molar-refractivity contribution in [2.75, 3.05) is 6.54 Å². The van der Waals surface area contributed by atoms with Gasteiger partial charge in [-0.3, -0.25) is 9.59 Å². The minimum absolute atomic E-state index is 0.0937. The third-order valence-corrected chi connectivity index (χ3v) is 5.40. The average Bonchev–Trinajstić information content (AvgIpc) is 3.37. The van der Waals surface area contributed by atoms with Crippen LogP contribution >= 0.6 is 11.6 Å². The van der Waals surface area contributed by atoms with Gasteiger partial charge in [0.25, 0.3) is 11.7 Å². The second-order valence-electron chi connectivity index (χ2n) is 7.06. The van der Waals surface area contributed by atoms with Gasteiger partial charge in [-0.25, -0.2) is 4.98 Å². The summed E-state index contributed by atoms with van der Waals surface area (Å²) in [7, 11) is 0. The van der Waals surface area contributed by atoms with Crippen molar-refractivity contribution >= 4 is 29.1 Å². The molecule has 1 aliphatic rings. The lowest BCUT2D eigenvalue weighted by molar-refractivity contribution is -0.139. The van der Waals surface area contributed by atoms with E-state index in [0.29, 0.717) is 30.1 Å². The van der Waals surface area contributed by atoms with Gasteiger partial charge in [-0.1, -0.05) is 54.1 Å². The van der Waals surface area contributed by atoms with Crippen molar-refractivity contribution in [3.05, 3.63) is 95.0 Å². The maximum absolute atomic E-state index is 12.9. The van der Waals surface area contributed by atoms with Crippen molar-refractivity contribution in [3.63, 3.8) is 0 Å². The van der Waals surface area contributed by atoms with Gasteiger partial charge in [0.2, 0.25) is 0 Å². The summed E-state index contributed by atoms with van der Waals surface area (Å²) in [6.07, 6.45) is 5.89. The Hall–Kier alpha value is -3.38. The number of Topliss-reactive ketones (excluding diaryl/α,β-unsaturated/α-hetero) is 1. The lowest BCUT2D eigenvalue weighted by Gasteiger charge is -2.25. The number of benzene rings is 2. The number of aromatic nitrogens is 2. The van der Waals surface area contributed by atoms with Crippen LogP contribution in [0.1, 0.15) is 23.6 Å². The molecular weight excluding hydrogens is 402 g/mol. The lowest BCUT2D eigenvalue weighted by Crippen LogP contribution is -2.31. The first-order valence-electron chi connectivity index (χ1n) is 9.61. The van der Waals surface area contributed by atoms with E-state index in [-0.39, 0.29) is 11.3 Å². The van der Waals surface area contributed by atoms with Crippen LogP contribution in [-0.2, 0) is 16.1 Å². The quantitative estimate of drug-likeness (QED) is 0.370. The molecular formula is C23H20ClN3O3. The Kier molecular flexibility index (Phi) is 5.68. The van der Waals surface area contributed by atoms with E-state index in [0.717, 1.165) is 5.56 Å². The topological polar surface area (TPSA) is 75.4 Å². The number of carbonyl (C=O) groups excluding carboxylic acids is 2. The van der Waals surface area contributed by atoms with E-state index in [1.165, 1.54) is 4.90 Å². The zero-order valence-corrected chi connectivity index (χ0v) is 16.9. The van der Waals surface area contributed by atoms with Gasteiger partial charge in [0, 0.05) is 36.1 Å². The van der Waals surface area contributed by atoms with Crippen LogP contribution in [0, 0.1) is 0 Å². The summed E-state index contributed by atoms with van der Waals surface area (Å²) < 4.78 is 1.91. The predicted molar refractivity (Wildman–Crippen MR) is 114 cm³/mol. The van der Waals surface area contributed by atoms with Gasteiger partial charge in [-0.05, 0) is 24.1 Å². The molecule has 2 aromatic carbocycles. The highest BCUT2D eigenvalue weighted by Gasteiger charge is 2.45. The first-order chi connectivity index (χ1) is 14.6. The number of halogens is 1. The van der Waals surface area contributed by atoms with Crippen LogP contribution in [-0.4, -0.2) is 37.8 Å². The Balaban J connectivity index is 1.72. The number of nitrogens with zero attached hydrogens (tertiary/aromatic N) is 3. The molecule has 1 N–H and O–H groups in total. The monoisotopic (exact) mass is 421 g/mol. The molecule has 0 spiro atoms. The standard InChI is InChI=1S/C23H20ClN3O3/c24-18-9-7-16(8-10-18)20-19(21(28)17-5-2-1-3-6-17)22(29)23(30)27(20)13-4-12-26-14-11-25-15-26/h1-3,5-11,14-15,20,28H,4,12-13H2/b21-19+. The molecule has 0 aliphatic carbocycles. The average molecular weight is 422 g/mol. The molecule has 0 saturated carbocycles. The van der Waals surface area contributed by atoms with Gasteiger partial charge in [-0.15, -0.1) is 0 Å². The van der Waals surface area contributed by atoms with Gasteiger partial charge in [0.15, 0.2) is 0 Å². The van der Waals surface area contributed by atoms with Gasteiger partial charge in [0.05, 0.1) is 17.9 Å². The maximum atomic E-state index is 12.9. The minimum Gasteiger partial charge on any atom is -0.507 e. The number of aliphatic hydroxyl groups excluding tert-OH is 1. The van der Waals surface area contributed by atoms with E-state index in [2.05, 4.69) is 4.98 Å². The number of carbonyl (C=O) groups is 2. The molecule has 3 aromatic rings. The van der Waals surface area contributed by atoms with E-state index in [4.69, 9.17) is 11.6 Å². The maximum Gasteiger partial charge on any atom is 0.295 e. The number of imidazole rings is 1. The Bertz CT molecular complexity index is 1080. The SMILES string of the molecule is O=C1C(=O)N(CCCn2ccnc2)C(c2ccc(Cl)cc2)/C1=C(\O)c1ccccc1. The fourth-order valence-corrected chi connectivity index (χ4v) is 3.82. The highest BCUT2D eigenvalue weighted by molar-refractivity contribution is 6.46. The van der Waals surface area contributed by atoms with Gasteiger partial charge in [0.1, 0.15) is 5.76 Å². The van der Waals surface area contributed by atoms with E-state index in [1.807, 2.05) is 16.8 Å². The van der Waals surface area contributed by atoms with Gasteiger partial charge < -0.3 is 14.6 Å². The highest BCUT2D eigenvalue weighted by Crippen LogP contribution is 2.39. The van der Waals surface area contributed by atoms with Crippen LogP contribution in [0.2, 0.25) is 5.02 Å². The third kappa shape index (κ3) is 3.86. The number of aliphatic hydroxyl groups is 1. The largest absolute Gasteiger partial charge is 0.507 e. The van der Waals surface area contributed by atoms with Crippen LogP contribution in [0.25, 0.3) is 5.76 Å². The Morgan fingerprint density at radius 3 is 2.43 bits per heavy atom. The molecule has 0 bridgehead atoms. The van der Waals surface area contributed by atoms with Gasteiger partial charge >= 0.3 is 0 Å². The molecule has 2 heterocycles. The molecule has 1 atom stereocenters. The molecule has 6 nitrogen and oxygen atoms in total. The van der Waals surface area contributed by atoms with Crippen LogP contribution in [0.3, 0.4) is 0 Å². The summed E-state index contributed by atoms with van der Waals surface area (Å²) in [4.78, 5) is 31.3. The molecule has 152 valence electrons. The second kappa shape index (κ2) is 8.55. The third-order valence-electron chi connectivity index (χ3n) is 5.15. The van der Waals surface area contributed by atoms with E-state index in [1.54, 1.807) is 61.1 Å². The number of likely N-dealkylation sites (tertiary alicyclic amines) is 1. The van der Waals surface area contributed by atoms with Crippen molar-refractivity contribution in [1.82, 2.24) is 14.5 Å². The van der Waals surface area contributed by atoms with Crippen molar-refractivity contribution < 1.29 is 14.7 Å². The Morgan fingerprint density at radius 1 is 1.03 bits per heavy atom. The first-order valence-corrected chi connectivity index (χ1v) is 9.99. The number of hydrogen-bond acceptors (Lipinski definition) is 4. The zero-order valence-electron chi connectivity index (χ0n) is 16.1.